The highest BCUT2D eigenvalue weighted by molar-refractivity contribution is 5.85. The third kappa shape index (κ3) is 5.26. The normalized spacial score (nSPS) is 18.6. The number of imidazole rings is 1. The fraction of sp³-hybridized carbons (Fsp3) is 0.688. The van der Waals surface area contributed by atoms with Crippen LogP contribution in [0.3, 0.4) is 0 Å². The Morgan fingerprint density at radius 2 is 2.13 bits per heavy atom. The molecule has 0 bridgehead atoms. The Bertz CT molecular complexity index is 522. The number of hydrogen-bond donors (Lipinski definition) is 1. The molecule has 7 nitrogen and oxygen atoms in total. The summed E-state index contributed by atoms with van der Waals surface area (Å²) < 4.78 is 7.31. The smallest absolute Gasteiger partial charge is 0.410 e. The first-order chi connectivity index (χ1) is 10.9. The van der Waals surface area contributed by atoms with Crippen LogP contribution in [-0.4, -0.2) is 51.2 Å². The molecule has 7 heteroatoms. The van der Waals surface area contributed by atoms with Gasteiger partial charge in [-0.15, -0.1) is 0 Å². The van der Waals surface area contributed by atoms with E-state index in [2.05, 4.69) is 10.3 Å². The van der Waals surface area contributed by atoms with Crippen molar-refractivity contribution >= 4 is 12.0 Å². The van der Waals surface area contributed by atoms with Crippen molar-refractivity contribution in [2.45, 2.75) is 58.2 Å². The van der Waals surface area contributed by atoms with Crippen molar-refractivity contribution in [2.24, 2.45) is 0 Å². The quantitative estimate of drug-likeness (QED) is 0.917. The number of amides is 2. The Morgan fingerprint density at radius 1 is 1.35 bits per heavy atom. The van der Waals surface area contributed by atoms with Crippen LogP contribution in [-0.2, 0) is 16.1 Å². The van der Waals surface area contributed by atoms with E-state index in [0.717, 1.165) is 12.8 Å². The maximum atomic E-state index is 12.4. The van der Waals surface area contributed by atoms with E-state index in [1.54, 1.807) is 17.4 Å². The van der Waals surface area contributed by atoms with Gasteiger partial charge in [0.05, 0.1) is 6.33 Å². The summed E-state index contributed by atoms with van der Waals surface area (Å²) in [5, 5.41) is 2.90. The molecule has 0 unspecified atom stereocenters. The van der Waals surface area contributed by atoms with Crippen molar-refractivity contribution in [3.05, 3.63) is 18.7 Å². The minimum Gasteiger partial charge on any atom is -0.444 e. The highest BCUT2D eigenvalue weighted by Gasteiger charge is 2.34. The monoisotopic (exact) mass is 322 g/mol. The van der Waals surface area contributed by atoms with Crippen LogP contribution < -0.4 is 5.32 Å². The summed E-state index contributed by atoms with van der Waals surface area (Å²) in [6.45, 7) is 7.21. The van der Waals surface area contributed by atoms with Gasteiger partial charge in [-0.2, -0.15) is 0 Å². The summed E-state index contributed by atoms with van der Waals surface area (Å²) in [5.41, 5.74) is -0.559. The lowest BCUT2D eigenvalue weighted by molar-refractivity contribution is -0.127. The van der Waals surface area contributed by atoms with Crippen LogP contribution in [0.15, 0.2) is 18.7 Å². The number of piperidine rings is 1. The van der Waals surface area contributed by atoms with Gasteiger partial charge in [-0.25, -0.2) is 9.78 Å². The fourth-order valence-electron chi connectivity index (χ4n) is 2.59. The van der Waals surface area contributed by atoms with E-state index in [-0.39, 0.29) is 5.91 Å². The molecule has 1 aliphatic rings. The zero-order valence-electron chi connectivity index (χ0n) is 14.1. The average molecular weight is 322 g/mol. The Morgan fingerprint density at radius 3 is 2.78 bits per heavy atom. The maximum Gasteiger partial charge on any atom is 0.410 e. The van der Waals surface area contributed by atoms with Gasteiger partial charge >= 0.3 is 6.09 Å². The summed E-state index contributed by atoms with van der Waals surface area (Å²) in [5.74, 6) is -0.115. The van der Waals surface area contributed by atoms with E-state index in [0.29, 0.717) is 26.1 Å². The van der Waals surface area contributed by atoms with Gasteiger partial charge in [0.1, 0.15) is 11.6 Å². The lowest BCUT2D eigenvalue weighted by Crippen LogP contribution is -2.53. The maximum absolute atomic E-state index is 12.4. The van der Waals surface area contributed by atoms with Crippen LogP contribution in [0.4, 0.5) is 4.79 Å². The average Bonchev–Trinajstić information content (AvgIpc) is 2.98. The summed E-state index contributed by atoms with van der Waals surface area (Å²) >= 11 is 0. The minimum atomic E-state index is -0.559. The Balaban J connectivity index is 1.88. The molecule has 1 aromatic heterocycles. The van der Waals surface area contributed by atoms with Crippen molar-refractivity contribution in [1.29, 1.82) is 0 Å². The van der Waals surface area contributed by atoms with Gasteiger partial charge in [0.2, 0.25) is 5.91 Å². The molecule has 1 saturated heterocycles. The van der Waals surface area contributed by atoms with Crippen LogP contribution in [0.1, 0.15) is 40.0 Å². The first-order valence-electron chi connectivity index (χ1n) is 8.10. The van der Waals surface area contributed by atoms with Crippen molar-refractivity contribution < 1.29 is 14.3 Å². The molecule has 0 radical (unpaired) electrons. The molecule has 2 rings (SSSR count). The highest BCUT2D eigenvalue weighted by Crippen LogP contribution is 2.20. The van der Waals surface area contributed by atoms with Gasteiger partial charge in [-0.3, -0.25) is 9.69 Å². The number of carbonyl (C=O) groups is 2. The van der Waals surface area contributed by atoms with E-state index < -0.39 is 17.7 Å². The van der Waals surface area contributed by atoms with Gasteiger partial charge < -0.3 is 14.6 Å². The summed E-state index contributed by atoms with van der Waals surface area (Å²) in [6.07, 6.45) is 7.37. The Labute approximate surface area is 137 Å². The minimum absolute atomic E-state index is 0.115. The van der Waals surface area contributed by atoms with E-state index >= 15 is 0 Å². The SMILES string of the molecule is CC(C)(C)OC(=O)N1CCCC[C@H]1C(=O)NCCn1ccnc1. The van der Waals surface area contributed by atoms with Gasteiger partial charge in [0.25, 0.3) is 0 Å². The number of nitrogens with zero attached hydrogens (tertiary/aromatic N) is 3. The molecule has 1 fully saturated rings. The van der Waals surface area contributed by atoms with Crippen molar-refractivity contribution in [2.75, 3.05) is 13.1 Å². The number of aromatic nitrogens is 2. The lowest BCUT2D eigenvalue weighted by Gasteiger charge is -2.35. The summed E-state index contributed by atoms with van der Waals surface area (Å²) in [4.78, 5) is 30.2. The molecular formula is C16H26N4O3. The second-order valence-electron chi connectivity index (χ2n) is 6.78. The molecule has 1 atom stereocenters. The second kappa shape index (κ2) is 7.48. The molecular weight excluding hydrogens is 296 g/mol. The van der Waals surface area contributed by atoms with Crippen LogP contribution in [0, 0.1) is 0 Å². The molecule has 2 heterocycles. The van der Waals surface area contributed by atoms with Crippen LogP contribution in [0.5, 0.6) is 0 Å². The van der Waals surface area contributed by atoms with E-state index in [1.807, 2.05) is 31.5 Å². The van der Waals surface area contributed by atoms with E-state index in [1.165, 1.54) is 0 Å². The zero-order chi connectivity index (χ0) is 16.9. The molecule has 1 aliphatic heterocycles. The molecule has 0 aromatic carbocycles. The largest absolute Gasteiger partial charge is 0.444 e. The lowest BCUT2D eigenvalue weighted by atomic mass is 10.0. The molecule has 128 valence electrons. The van der Waals surface area contributed by atoms with E-state index in [4.69, 9.17) is 4.74 Å². The van der Waals surface area contributed by atoms with Crippen molar-refractivity contribution in [3.8, 4) is 0 Å². The molecule has 23 heavy (non-hydrogen) atoms. The number of carbonyl (C=O) groups excluding carboxylic acids is 2. The second-order valence-corrected chi connectivity index (χ2v) is 6.78. The number of nitrogens with one attached hydrogen (secondary N) is 1. The fourth-order valence-corrected chi connectivity index (χ4v) is 2.59. The Kier molecular flexibility index (Phi) is 5.63. The van der Waals surface area contributed by atoms with Gasteiger partial charge in [0.15, 0.2) is 0 Å². The number of likely N-dealkylation sites (tertiary alicyclic amines) is 1. The highest BCUT2D eigenvalue weighted by atomic mass is 16.6. The molecule has 1 N–H and O–H groups in total. The predicted molar refractivity (Wildman–Crippen MR) is 85.8 cm³/mol. The first-order valence-corrected chi connectivity index (χ1v) is 8.10. The first kappa shape index (κ1) is 17.3. The van der Waals surface area contributed by atoms with Crippen LogP contribution in [0.2, 0.25) is 0 Å². The number of rotatable bonds is 4. The van der Waals surface area contributed by atoms with Gasteiger partial charge in [-0.05, 0) is 40.0 Å². The van der Waals surface area contributed by atoms with E-state index in [9.17, 15) is 9.59 Å². The van der Waals surface area contributed by atoms with Crippen LogP contribution in [0.25, 0.3) is 0 Å². The van der Waals surface area contributed by atoms with Gasteiger partial charge in [-0.1, -0.05) is 0 Å². The van der Waals surface area contributed by atoms with Crippen molar-refractivity contribution in [3.63, 3.8) is 0 Å². The zero-order valence-corrected chi connectivity index (χ0v) is 14.1. The summed E-state index contributed by atoms with van der Waals surface area (Å²) in [6, 6.07) is -0.443. The molecule has 0 spiro atoms. The van der Waals surface area contributed by atoms with Crippen LogP contribution >= 0.6 is 0 Å². The van der Waals surface area contributed by atoms with Gasteiger partial charge in [0, 0.05) is 32.0 Å². The van der Waals surface area contributed by atoms with Crippen molar-refractivity contribution in [1.82, 2.24) is 19.8 Å². The third-order valence-electron chi connectivity index (χ3n) is 3.66. The topological polar surface area (TPSA) is 76.5 Å². The standard InChI is InChI=1S/C16H26N4O3/c1-16(2,3)23-15(22)20-9-5-4-6-13(20)14(21)18-8-11-19-10-7-17-12-19/h7,10,12-13H,4-6,8-9,11H2,1-3H3,(H,18,21)/t13-/m0/s1. The number of hydrogen-bond acceptors (Lipinski definition) is 4. The predicted octanol–water partition coefficient (Wildman–Crippen LogP) is 1.79. The molecule has 2 amide bonds. The third-order valence-corrected chi connectivity index (χ3v) is 3.66. The molecule has 0 aliphatic carbocycles. The Hall–Kier alpha value is -2.05. The number of ether oxygens (including phenoxy) is 1. The summed E-state index contributed by atoms with van der Waals surface area (Å²) in [7, 11) is 0. The molecule has 1 aromatic rings. The molecule has 0 saturated carbocycles.